The summed E-state index contributed by atoms with van der Waals surface area (Å²) in [6.45, 7) is 1.96. The number of nitrogens with one attached hydrogen (secondary N) is 1. The van der Waals surface area contributed by atoms with Crippen LogP contribution >= 0.6 is 15.9 Å². The number of aromatic nitrogens is 3. The summed E-state index contributed by atoms with van der Waals surface area (Å²) in [6, 6.07) is 2.90. The highest BCUT2D eigenvalue weighted by Gasteiger charge is 2.11. The average molecular weight is 268 g/mol. The van der Waals surface area contributed by atoms with Gasteiger partial charge in [0, 0.05) is 10.0 Å². The number of aromatic amines is 1. The first-order chi connectivity index (χ1) is 7.16. The lowest BCUT2D eigenvalue weighted by molar-refractivity contribution is 0.628. The van der Waals surface area contributed by atoms with Gasteiger partial charge in [-0.1, -0.05) is 0 Å². The average Bonchev–Trinajstić information content (AvgIpc) is 2.66. The van der Waals surface area contributed by atoms with Gasteiger partial charge in [0.15, 0.2) is 0 Å². The van der Waals surface area contributed by atoms with E-state index in [1.807, 2.05) is 6.92 Å². The Bertz CT molecular complexity index is 668. The third kappa shape index (κ3) is 1.13. The molecule has 1 aromatic carbocycles. The van der Waals surface area contributed by atoms with E-state index in [0.29, 0.717) is 4.47 Å². The maximum absolute atomic E-state index is 13.2. The Morgan fingerprint density at radius 3 is 3.07 bits per heavy atom. The van der Waals surface area contributed by atoms with E-state index in [2.05, 4.69) is 26.0 Å². The quantitative estimate of drug-likeness (QED) is 0.668. The standard InChI is InChI=1S/C10H7BrFN3/c1-5-4-13-15-9-7(11)2-6(12)3-8(9)14-10(5)15/h2-4,14H,1H3. The lowest BCUT2D eigenvalue weighted by Gasteiger charge is -1.94. The second kappa shape index (κ2) is 2.82. The third-order valence-corrected chi connectivity index (χ3v) is 3.05. The van der Waals surface area contributed by atoms with Crippen LogP contribution in [0.3, 0.4) is 0 Å². The van der Waals surface area contributed by atoms with Crippen LogP contribution in [-0.4, -0.2) is 14.6 Å². The van der Waals surface area contributed by atoms with Gasteiger partial charge in [0.2, 0.25) is 0 Å². The topological polar surface area (TPSA) is 33.1 Å². The van der Waals surface area contributed by atoms with Crippen molar-refractivity contribution in [2.45, 2.75) is 6.92 Å². The lowest BCUT2D eigenvalue weighted by atomic mass is 10.3. The predicted octanol–water partition coefficient (Wildman–Crippen LogP) is 3.03. The summed E-state index contributed by atoms with van der Waals surface area (Å²) in [5.41, 5.74) is 3.54. The third-order valence-electron chi connectivity index (χ3n) is 2.45. The molecule has 0 atom stereocenters. The van der Waals surface area contributed by atoms with Crippen LogP contribution in [0.4, 0.5) is 4.39 Å². The Balaban J connectivity index is 2.60. The zero-order chi connectivity index (χ0) is 10.6. The fourth-order valence-electron chi connectivity index (χ4n) is 1.76. The van der Waals surface area contributed by atoms with Crippen molar-refractivity contribution in [2.75, 3.05) is 0 Å². The van der Waals surface area contributed by atoms with Crippen molar-refractivity contribution in [3.05, 3.63) is 34.2 Å². The van der Waals surface area contributed by atoms with E-state index in [0.717, 1.165) is 22.2 Å². The zero-order valence-corrected chi connectivity index (χ0v) is 9.47. The van der Waals surface area contributed by atoms with Crippen molar-refractivity contribution in [1.29, 1.82) is 0 Å². The van der Waals surface area contributed by atoms with Crippen LogP contribution in [0.5, 0.6) is 0 Å². The second-order valence-electron chi connectivity index (χ2n) is 3.50. The molecule has 0 saturated heterocycles. The summed E-state index contributed by atoms with van der Waals surface area (Å²) in [5, 5.41) is 4.23. The van der Waals surface area contributed by atoms with Gasteiger partial charge in [0.05, 0.1) is 11.7 Å². The molecule has 0 bridgehead atoms. The Morgan fingerprint density at radius 1 is 1.47 bits per heavy atom. The van der Waals surface area contributed by atoms with Crippen molar-refractivity contribution in [2.24, 2.45) is 0 Å². The molecule has 1 N–H and O–H groups in total. The van der Waals surface area contributed by atoms with Gasteiger partial charge in [-0.2, -0.15) is 5.10 Å². The van der Waals surface area contributed by atoms with Gasteiger partial charge in [-0.05, 0) is 35.0 Å². The summed E-state index contributed by atoms with van der Waals surface area (Å²) in [4.78, 5) is 3.14. The van der Waals surface area contributed by atoms with Gasteiger partial charge in [0.25, 0.3) is 0 Å². The smallest absolute Gasteiger partial charge is 0.137 e. The highest BCUT2D eigenvalue weighted by atomic mass is 79.9. The normalized spacial score (nSPS) is 11.7. The van der Waals surface area contributed by atoms with Gasteiger partial charge in [-0.25, -0.2) is 8.91 Å². The maximum atomic E-state index is 13.2. The number of rotatable bonds is 0. The number of fused-ring (bicyclic) bond motifs is 3. The minimum absolute atomic E-state index is 0.267. The molecule has 0 amide bonds. The molecule has 0 unspecified atom stereocenters. The van der Waals surface area contributed by atoms with Crippen molar-refractivity contribution in [1.82, 2.24) is 14.6 Å². The molecular weight excluding hydrogens is 261 g/mol. The minimum Gasteiger partial charge on any atom is -0.338 e. The predicted molar refractivity (Wildman–Crippen MR) is 59.4 cm³/mol. The van der Waals surface area contributed by atoms with Gasteiger partial charge in [-0.15, -0.1) is 0 Å². The van der Waals surface area contributed by atoms with Crippen molar-refractivity contribution < 1.29 is 4.39 Å². The molecule has 0 spiro atoms. The number of H-pyrrole nitrogens is 1. The molecule has 5 heteroatoms. The van der Waals surface area contributed by atoms with Crippen LogP contribution in [0, 0.1) is 12.7 Å². The Morgan fingerprint density at radius 2 is 2.27 bits per heavy atom. The van der Waals surface area contributed by atoms with Crippen LogP contribution < -0.4 is 0 Å². The van der Waals surface area contributed by atoms with Crippen LogP contribution in [0.1, 0.15) is 5.56 Å². The minimum atomic E-state index is -0.267. The Labute approximate surface area is 93.0 Å². The molecule has 0 aliphatic heterocycles. The number of nitrogens with zero attached hydrogens (tertiary/aromatic N) is 2. The summed E-state index contributed by atoms with van der Waals surface area (Å²) >= 11 is 3.34. The number of imidazole rings is 1. The second-order valence-corrected chi connectivity index (χ2v) is 4.35. The van der Waals surface area contributed by atoms with Crippen LogP contribution in [0.25, 0.3) is 16.7 Å². The van der Waals surface area contributed by atoms with Crippen molar-refractivity contribution in [3.8, 4) is 0 Å². The molecule has 0 radical (unpaired) electrons. The highest BCUT2D eigenvalue weighted by Crippen LogP contribution is 2.26. The number of halogens is 2. The first-order valence-corrected chi connectivity index (χ1v) is 5.27. The van der Waals surface area contributed by atoms with E-state index in [1.165, 1.54) is 12.1 Å². The molecule has 3 nitrogen and oxygen atoms in total. The van der Waals surface area contributed by atoms with Crippen molar-refractivity contribution in [3.63, 3.8) is 0 Å². The molecule has 76 valence electrons. The number of hydrogen-bond donors (Lipinski definition) is 1. The highest BCUT2D eigenvalue weighted by molar-refractivity contribution is 9.10. The molecule has 2 heterocycles. The van der Waals surface area contributed by atoms with E-state index < -0.39 is 0 Å². The Hall–Kier alpha value is -1.36. The SMILES string of the molecule is Cc1cnn2c1[nH]c1cc(F)cc(Br)c12. The van der Waals surface area contributed by atoms with E-state index >= 15 is 0 Å². The summed E-state index contributed by atoms with van der Waals surface area (Å²) in [7, 11) is 0. The zero-order valence-electron chi connectivity index (χ0n) is 7.88. The first kappa shape index (κ1) is 8.91. The summed E-state index contributed by atoms with van der Waals surface area (Å²) in [6.07, 6.45) is 1.78. The van der Waals surface area contributed by atoms with E-state index in [4.69, 9.17) is 0 Å². The first-order valence-electron chi connectivity index (χ1n) is 4.48. The number of benzene rings is 1. The lowest BCUT2D eigenvalue weighted by Crippen LogP contribution is -1.84. The van der Waals surface area contributed by atoms with E-state index in [9.17, 15) is 4.39 Å². The van der Waals surface area contributed by atoms with E-state index in [1.54, 1.807) is 10.7 Å². The van der Waals surface area contributed by atoms with Gasteiger partial charge in [0.1, 0.15) is 17.0 Å². The van der Waals surface area contributed by atoms with Gasteiger partial charge >= 0.3 is 0 Å². The Kier molecular flexibility index (Phi) is 1.68. The monoisotopic (exact) mass is 267 g/mol. The van der Waals surface area contributed by atoms with Crippen molar-refractivity contribution >= 4 is 32.6 Å². The van der Waals surface area contributed by atoms with Crippen LogP contribution in [0.15, 0.2) is 22.8 Å². The van der Waals surface area contributed by atoms with Gasteiger partial charge in [-0.3, -0.25) is 0 Å². The summed E-state index contributed by atoms with van der Waals surface area (Å²) in [5.74, 6) is -0.267. The van der Waals surface area contributed by atoms with Gasteiger partial charge < -0.3 is 4.98 Å². The summed E-state index contributed by atoms with van der Waals surface area (Å²) < 4.78 is 15.6. The molecule has 3 aromatic rings. The molecular formula is C10H7BrFN3. The van der Waals surface area contributed by atoms with E-state index in [-0.39, 0.29) is 5.82 Å². The van der Waals surface area contributed by atoms with Crippen LogP contribution in [0.2, 0.25) is 0 Å². The fraction of sp³-hybridized carbons (Fsp3) is 0.100. The molecule has 0 aliphatic rings. The molecule has 0 aliphatic carbocycles. The molecule has 0 fully saturated rings. The molecule has 2 aromatic heterocycles. The fourth-order valence-corrected chi connectivity index (χ4v) is 2.36. The number of hydrogen-bond acceptors (Lipinski definition) is 1. The molecule has 3 rings (SSSR count). The maximum Gasteiger partial charge on any atom is 0.137 e. The largest absolute Gasteiger partial charge is 0.338 e. The number of aryl methyl sites for hydroxylation is 1. The molecule has 15 heavy (non-hydrogen) atoms. The van der Waals surface area contributed by atoms with Crippen LogP contribution in [-0.2, 0) is 0 Å². The molecule has 0 saturated carbocycles.